The van der Waals surface area contributed by atoms with E-state index >= 15 is 0 Å². The third-order valence-electron chi connectivity index (χ3n) is 2.85. The zero-order chi connectivity index (χ0) is 15.7. The van der Waals surface area contributed by atoms with Crippen LogP contribution in [0.3, 0.4) is 0 Å². The summed E-state index contributed by atoms with van der Waals surface area (Å²) in [4.78, 5) is 24.1. The molecule has 0 atom stereocenters. The smallest absolute Gasteiger partial charge is 0.317 e. The molecule has 0 aliphatic carbocycles. The van der Waals surface area contributed by atoms with E-state index in [-0.39, 0.29) is 19.0 Å². The first-order valence-corrected chi connectivity index (χ1v) is 6.80. The fraction of sp³-hybridized carbons (Fsp3) is 0.400. The van der Waals surface area contributed by atoms with Gasteiger partial charge in [0.2, 0.25) is 0 Å². The van der Waals surface area contributed by atoms with Gasteiger partial charge in [0.25, 0.3) is 0 Å². The predicted molar refractivity (Wildman–Crippen MR) is 77.5 cm³/mol. The molecule has 21 heavy (non-hydrogen) atoms. The highest BCUT2D eigenvalue weighted by Gasteiger charge is 2.13. The van der Waals surface area contributed by atoms with Gasteiger partial charge in [0, 0.05) is 19.6 Å². The number of carboxylic acids is 1. The van der Waals surface area contributed by atoms with Gasteiger partial charge in [-0.05, 0) is 24.1 Å². The Bertz CT molecular complexity index is 520. The summed E-state index contributed by atoms with van der Waals surface area (Å²) in [6.07, 6.45) is 0.713. The summed E-state index contributed by atoms with van der Waals surface area (Å²) in [6, 6.07) is 8.81. The minimum Gasteiger partial charge on any atom is -0.481 e. The van der Waals surface area contributed by atoms with Crippen LogP contribution in [0.2, 0.25) is 0 Å². The maximum Gasteiger partial charge on any atom is 0.317 e. The van der Waals surface area contributed by atoms with Crippen LogP contribution in [0.15, 0.2) is 24.3 Å². The molecule has 1 rings (SSSR count). The maximum atomic E-state index is 12.0. The van der Waals surface area contributed by atoms with Gasteiger partial charge in [0.15, 0.2) is 0 Å². The topological polar surface area (TPSA) is 93.4 Å². The minimum atomic E-state index is -0.940. The van der Waals surface area contributed by atoms with Crippen molar-refractivity contribution in [3.05, 3.63) is 35.4 Å². The van der Waals surface area contributed by atoms with E-state index in [4.69, 9.17) is 10.4 Å². The number of aliphatic carboxylic acids is 1. The quantitative estimate of drug-likeness (QED) is 0.802. The molecule has 0 aliphatic heterocycles. The van der Waals surface area contributed by atoms with Crippen molar-refractivity contribution in [1.29, 1.82) is 5.26 Å². The molecule has 0 spiro atoms. The minimum absolute atomic E-state index is 0.0947. The molecule has 0 heterocycles. The van der Waals surface area contributed by atoms with Crippen molar-refractivity contribution in [2.75, 3.05) is 13.1 Å². The number of carbonyl (C=O) groups is 2. The third-order valence-corrected chi connectivity index (χ3v) is 2.85. The van der Waals surface area contributed by atoms with Crippen LogP contribution in [0.4, 0.5) is 4.79 Å². The molecule has 0 unspecified atom stereocenters. The highest BCUT2D eigenvalue weighted by molar-refractivity contribution is 5.75. The molecule has 1 aromatic rings. The van der Waals surface area contributed by atoms with Crippen molar-refractivity contribution in [1.82, 2.24) is 10.2 Å². The van der Waals surface area contributed by atoms with Crippen molar-refractivity contribution >= 4 is 12.0 Å². The van der Waals surface area contributed by atoms with Crippen LogP contribution in [0, 0.1) is 11.3 Å². The van der Waals surface area contributed by atoms with E-state index in [1.54, 1.807) is 17.0 Å². The number of carbonyl (C=O) groups excluding carboxylic acids is 1. The van der Waals surface area contributed by atoms with Crippen molar-refractivity contribution in [2.45, 2.75) is 26.3 Å². The van der Waals surface area contributed by atoms with Gasteiger partial charge in [0.1, 0.15) is 0 Å². The lowest BCUT2D eigenvalue weighted by atomic mass is 10.1. The number of nitrogens with zero attached hydrogens (tertiary/aromatic N) is 2. The summed E-state index contributed by atoms with van der Waals surface area (Å²) in [5, 5.41) is 19.9. The molecule has 2 N–H and O–H groups in total. The van der Waals surface area contributed by atoms with Gasteiger partial charge in [0.05, 0.1) is 18.1 Å². The largest absolute Gasteiger partial charge is 0.481 e. The average molecular weight is 289 g/mol. The number of benzene rings is 1. The second kappa shape index (κ2) is 8.59. The summed E-state index contributed by atoms with van der Waals surface area (Å²) in [5.41, 5.74) is 1.50. The van der Waals surface area contributed by atoms with Gasteiger partial charge in [-0.2, -0.15) is 5.26 Å². The zero-order valence-corrected chi connectivity index (χ0v) is 12.0. The summed E-state index contributed by atoms with van der Waals surface area (Å²) < 4.78 is 0. The summed E-state index contributed by atoms with van der Waals surface area (Å²) in [7, 11) is 0. The molecular formula is C15H19N3O3. The Balaban J connectivity index is 2.61. The van der Waals surface area contributed by atoms with E-state index in [0.717, 1.165) is 12.0 Å². The molecule has 0 bridgehead atoms. The predicted octanol–water partition coefficient (Wildman–Crippen LogP) is 1.95. The number of carboxylic acid groups (broad SMARTS) is 1. The number of urea groups is 1. The fourth-order valence-corrected chi connectivity index (χ4v) is 1.82. The Morgan fingerprint density at radius 1 is 1.33 bits per heavy atom. The number of amides is 2. The number of nitrogens with one attached hydrogen (secondary N) is 1. The van der Waals surface area contributed by atoms with E-state index in [0.29, 0.717) is 18.7 Å². The van der Waals surface area contributed by atoms with E-state index in [9.17, 15) is 9.59 Å². The van der Waals surface area contributed by atoms with Gasteiger partial charge in [-0.15, -0.1) is 0 Å². The fourth-order valence-electron chi connectivity index (χ4n) is 1.82. The summed E-state index contributed by atoms with van der Waals surface area (Å²) in [5.74, 6) is -0.940. The molecule has 1 aromatic carbocycles. The Labute approximate surface area is 124 Å². The van der Waals surface area contributed by atoms with Gasteiger partial charge in [-0.25, -0.2) is 4.79 Å². The van der Waals surface area contributed by atoms with Crippen molar-refractivity contribution in [3.8, 4) is 6.07 Å². The van der Waals surface area contributed by atoms with Crippen LogP contribution in [-0.2, 0) is 11.3 Å². The van der Waals surface area contributed by atoms with E-state index in [1.807, 2.05) is 25.1 Å². The zero-order valence-electron chi connectivity index (χ0n) is 12.0. The van der Waals surface area contributed by atoms with E-state index in [1.165, 1.54) is 0 Å². The monoisotopic (exact) mass is 289 g/mol. The first kappa shape index (κ1) is 16.5. The number of rotatable bonds is 7. The molecule has 6 heteroatoms. The highest BCUT2D eigenvalue weighted by Crippen LogP contribution is 2.08. The van der Waals surface area contributed by atoms with Crippen LogP contribution >= 0.6 is 0 Å². The molecule has 6 nitrogen and oxygen atoms in total. The SMILES string of the molecule is CCCN(Cc1ccc(C#N)cc1)C(=O)NCCC(=O)O. The summed E-state index contributed by atoms with van der Waals surface area (Å²) >= 11 is 0. The van der Waals surface area contributed by atoms with Crippen LogP contribution < -0.4 is 5.32 Å². The van der Waals surface area contributed by atoms with Crippen LogP contribution in [0.25, 0.3) is 0 Å². The van der Waals surface area contributed by atoms with Crippen molar-refractivity contribution in [3.63, 3.8) is 0 Å². The maximum absolute atomic E-state index is 12.0. The molecule has 0 radical (unpaired) electrons. The first-order chi connectivity index (χ1) is 10.1. The van der Waals surface area contributed by atoms with Gasteiger partial charge in [-0.1, -0.05) is 19.1 Å². The lowest BCUT2D eigenvalue weighted by Gasteiger charge is -2.22. The van der Waals surface area contributed by atoms with Crippen molar-refractivity contribution < 1.29 is 14.7 Å². The standard InChI is InChI=1S/C15H19N3O3/c1-2-9-18(15(21)17-8-7-14(19)20)11-13-5-3-12(10-16)4-6-13/h3-6H,2,7-9,11H2,1H3,(H,17,21)(H,19,20). The number of hydrogen-bond acceptors (Lipinski definition) is 3. The average Bonchev–Trinajstić information content (AvgIpc) is 2.47. The molecule has 2 amide bonds. The lowest BCUT2D eigenvalue weighted by Crippen LogP contribution is -2.40. The molecule has 0 aromatic heterocycles. The molecule has 0 saturated carbocycles. The Morgan fingerprint density at radius 3 is 2.52 bits per heavy atom. The van der Waals surface area contributed by atoms with Gasteiger partial charge in [-0.3, -0.25) is 4.79 Å². The van der Waals surface area contributed by atoms with Crippen LogP contribution in [0.1, 0.15) is 30.9 Å². The normalized spacial score (nSPS) is 9.71. The number of hydrogen-bond donors (Lipinski definition) is 2. The third kappa shape index (κ3) is 5.95. The first-order valence-electron chi connectivity index (χ1n) is 6.80. The summed E-state index contributed by atoms with van der Waals surface area (Å²) in [6.45, 7) is 3.09. The Morgan fingerprint density at radius 2 is 2.00 bits per heavy atom. The molecule has 0 aliphatic rings. The Kier molecular flexibility index (Phi) is 6.75. The molecule has 112 valence electrons. The van der Waals surface area contributed by atoms with Crippen LogP contribution in [0.5, 0.6) is 0 Å². The highest BCUT2D eigenvalue weighted by atomic mass is 16.4. The van der Waals surface area contributed by atoms with Crippen molar-refractivity contribution in [2.24, 2.45) is 0 Å². The molecule has 0 fully saturated rings. The van der Waals surface area contributed by atoms with Gasteiger partial charge >= 0.3 is 12.0 Å². The number of nitriles is 1. The molecule has 0 saturated heterocycles. The second-order valence-electron chi connectivity index (χ2n) is 4.61. The van der Waals surface area contributed by atoms with E-state index in [2.05, 4.69) is 5.32 Å². The molecular weight excluding hydrogens is 270 g/mol. The van der Waals surface area contributed by atoms with E-state index < -0.39 is 5.97 Å². The Hall–Kier alpha value is -2.55. The second-order valence-corrected chi connectivity index (χ2v) is 4.61. The van der Waals surface area contributed by atoms with Gasteiger partial charge < -0.3 is 15.3 Å². The lowest BCUT2D eigenvalue weighted by molar-refractivity contribution is -0.136. The van der Waals surface area contributed by atoms with Crippen LogP contribution in [-0.4, -0.2) is 35.1 Å².